The maximum absolute atomic E-state index is 13.9. The number of piperazine rings is 1. The van der Waals surface area contributed by atoms with Gasteiger partial charge in [0.05, 0.1) is 30.7 Å². The van der Waals surface area contributed by atoms with E-state index < -0.39 is 30.7 Å². The highest BCUT2D eigenvalue weighted by Gasteiger charge is 2.81. The fourth-order valence-corrected chi connectivity index (χ4v) is 9.58. The number of ether oxygens (including phenoxy) is 3. The van der Waals surface area contributed by atoms with E-state index >= 15 is 0 Å². The summed E-state index contributed by atoms with van der Waals surface area (Å²) in [6, 6.07) is 7.48. The molecule has 0 N–H and O–H groups in total. The lowest BCUT2D eigenvalue weighted by Crippen LogP contribution is -2.61. The van der Waals surface area contributed by atoms with Gasteiger partial charge in [-0.25, -0.2) is 0 Å². The molecule has 1 aromatic carbocycles. The molecule has 0 saturated carbocycles. The summed E-state index contributed by atoms with van der Waals surface area (Å²) in [5, 5.41) is 10.7. The molecule has 0 aliphatic carbocycles. The lowest BCUT2D eigenvalue weighted by molar-refractivity contribution is -0.159. The number of likely N-dealkylation sites (N-methyl/N-ethyl adjacent to an activating group) is 1. The first-order valence-corrected chi connectivity index (χ1v) is 13.1. The fraction of sp³-hybridized carbons (Fsp3) is 0.591. The number of rotatable bonds is 3. The van der Waals surface area contributed by atoms with Gasteiger partial charge in [-0.05, 0) is 35.8 Å². The van der Waals surface area contributed by atoms with Crippen molar-refractivity contribution >= 4 is 32.5 Å². The van der Waals surface area contributed by atoms with Crippen molar-refractivity contribution in [1.82, 2.24) is 14.7 Å². The molecular formula is C22H24N4O5S2. The molecule has 2 bridgehead atoms. The molecule has 174 valence electrons. The zero-order chi connectivity index (χ0) is 23.2. The molecule has 5 atom stereocenters. The quantitative estimate of drug-likeness (QED) is 0.608. The number of hydrogen-bond acceptors (Lipinski definition) is 8. The van der Waals surface area contributed by atoms with Crippen molar-refractivity contribution in [2.75, 3.05) is 46.7 Å². The Hall–Kier alpha value is -2.26. The van der Waals surface area contributed by atoms with Crippen LogP contribution in [-0.4, -0.2) is 82.9 Å². The van der Waals surface area contributed by atoms with Gasteiger partial charge >= 0.3 is 0 Å². The Morgan fingerprint density at radius 1 is 1.21 bits per heavy atom. The second kappa shape index (κ2) is 6.88. The van der Waals surface area contributed by atoms with E-state index in [0.29, 0.717) is 44.3 Å². The molecule has 0 radical (unpaired) electrons. The topological polar surface area (TPSA) is 95.3 Å². The number of nitriles is 1. The van der Waals surface area contributed by atoms with Crippen molar-refractivity contribution in [1.29, 1.82) is 5.26 Å². The molecule has 11 heteroatoms. The molecule has 5 aliphatic rings. The van der Waals surface area contributed by atoms with E-state index in [-0.39, 0.29) is 25.0 Å². The van der Waals surface area contributed by atoms with Gasteiger partial charge in [0.15, 0.2) is 21.2 Å². The van der Waals surface area contributed by atoms with Gasteiger partial charge in [0.25, 0.3) is 11.8 Å². The highest BCUT2D eigenvalue weighted by molar-refractivity contribution is 8.31. The normalized spacial score (nSPS) is 39.3. The fourth-order valence-electron chi connectivity index (χ4n) is 6.10. The highest BCUT2D eigenvalue weighted by Crippen LogP contribution is 2.65. The molecule has 5 aliphatic heterocycles. The second-order valence-electron chi connectivity index (χ2n) is 9.42. The van der Waals surface area contributed by atoms with Crippen LogP contribution >= 0.6 is 0 Å². The Morgan fingerprint density at radius 2 is 1.94 bits per heavy atom. The van der Waals surface area contributed by atoms with E-state index in [1.807, 2.05) is 18.2 Å². The summed E-state index contributed by atoms with van der Waals surface area (Å²) in [5.41, 5.74) is -0.245. The van der Waals surface area contributed by atoms with Gasteiger partial charge in [-0.15, -0.1) is 0 Å². The van der Waals surface area contributed by atoms with Crippen molar-refractivity contribution < 1.29 is 23.8 Å². The van der Waals surface area contributed by atoms with Gasteiger partial charge in [0.2, 0.25) is 6.79 Å². The SMILES string of the molecule is CN1C(=O)[C@@]23C[C@@](C#N)(CN4CCOCC4)[C@H](c4ccc5c(c4)OCO5)N2C(=O)[C@@]1(C)S3=S. The third kappa shape index (κ3) is 2.45. The van der Waals surface area contributed by atoms with Crippen LogP contribution in [0.3, 0.4) is 0 Å². The van der Waals surface area contributed by atoms with E-state index in [9.17, 15) is 14.9 Å². The molecule has 33 heavy (non-hydrogen) atoms. The molecule has 0 aromatic heterocycles. The largest absolute Gasteiger partial charge is 0.454 e. The van der Waals surface area contributed by atoms with Crippen LogP contribution in [0, 0.1) is 16.7 Å². The Bertz CT molecular complexity index is 1150. The maximum atomic E-state index is 13.9. The van der Waals surface area contributed by atoms with Crippen molar-refractivity contribution in [3.05, 3.63) is 23.8 Å². The predicted molar refractivity (Wildman–Crippen MR) is 121 cm³/mol. The van der Waals surface area contributed by atoms with Gasteiger partial charge in [0, 0.05) is 33.1 Å². The van der Waals surface area contributed by atoms with Crippen molar-refractivity contribution in [2.45, 2.75) is 29.1 Å². The summed E-state index contributed by atoms with van der Waals surface area (Å²) < 4.78 is 16.6. The number of nitrogens with zero attached hydrogens (tertiary/aromatic N) is 4. The molecule has 4 saturated heterocycles. The average molecular weight is 489 g/mol. The predicted octanol–water partition coefficient (Wildman–Crippen LogP) is 0.509. The number of benzene rings is 1. The lowest BCUT2D eigenvalue weighted by Gasteiger charge is -2.41. The first-order chi connectivity index (χ1) is 15.8. The number of morpholine rings is 1. The van der Waals surface area contributed by atoms with Gasteiger partial charge in [-0.1, -0.05) is 15.5 Å². The minimum absolute atomic E-state index is 0.129. The molecule has 1 unspecified atom stereocenters. The van der Waals surface area contributed by atoms with Crippen LogP contribution in [0.4, 0.5) is 0 Å². The van der Waals surface area contributed by atoms with Crippen LogP contribution in [0.25, 0.3) is 0 Å². The molecule has 6 rings (SSSR count). The number of hydrogen-bond donors (Lipinski definition) is 0. The zero-order valence-electron chi connectivity index (χ0n) is 18.4. The van der Waals surface area contributed by atoms with Crippen LogP contribution < -0.4 is 9.47 Å². The van der Waals surface area contributed by atoms with Crippen LogP contribution in [-0.2, 0) is 35.0 Å². The molecule has 9 nitrogen and oxygen atoms in total. The Morgan fingerprint density at radius 3 is 2.67 bits per heavy atom. The molecular weight excluding hydrogens is 464 g/mol. The van der Waals surface area contributed by atoms with Crippen molar-refractivity contribution in [3.8, 4) is 17.6 Å². The van der Waals surface area contributed by atoms with Crippen molar-refractivity contribution in [3.63, 3.8) is 0 Å². The van der Waals surface area contributed by atoms with Gasteiger partial charge < -0.3 is 24.0 Å². The van der Waals surface area contributed by atoms with E-state index in [0.717, 1.165) is 5.56 Å². The summed E-state index contributed by atoms with van der Waals surface area (Å²) in [5.74, 6) is 0.871. The highest BCUT2D eigenvalue weighted by atomic mass is 32.8. The smallest absolute Gasteiger partial charge is 0.261 e. The van der Waals surface area contributed by atoms with E-state index in [4.69, 9.17) is 25.4 Å². The van der Waals surface area contributed by atoms with Crippen LogP contribution in [0.15, 0.2) is 18.2 Å². The zero-order valence-corrected chi connectivity index (χ0v) is 20.0. The minimum atomic E-state index is -1.18. The second-order valence-corrected chi connectivity index (χ2v) is 12.4. The standard InChI is InChI=1S/C22H24N4O5S2/c1-20-18(27)26-17(14-3-4-15-16(9-14)31-13-30-15)21(11-23,12-25-5-7-29-8-6-25)10-22(26,33(20)32)19(28)24(20)2/h3-4,9,17H,5-8,10,12-13H2,1-2H3/t17-,20+,21+,22-,33?/m0/s1. The van der Waals surface area contributed by atoms with E-state index in [1.54, 1.807) is 18.9 Å². The Kier molecular flexibility index (Phi) is 4.44. The number of carbonyl (C=O) groups excluding carboxylic acids is 2. The summed E-state index contributed by atoms with van der Waals surface area (Å²) in [4.78, 5) is 30.7. The summed E-state index contributed by atoms with van der Waals surface area (Å²) in [7, 11) is 0.659. The van der Waals surface area contributed by atoms with Crippen LogP contribution in [0.2, 0.25) is 0 Å². The number of carbonyl (C=O) groups is 2. The van der Waals surface area contributed by atoms with Crippen LogP contribution in [0.5, 0.6) is 11.5 Å². The Labute approximate surface area is 198 Å². The number of amides is 2. The first kappa shape index (κ1) is 21.3. The molecule has 4 fully saturated rings. The van der Waals surface area contributed by atoms with Gasteiger partial charge in [-0.3, -0.25) is 14.5 Å². The molecule has 1 spiro atoms. The van der Waals surface area contributed by atoms with E-state index in [2.05, 4.69) is 11.0 Å². The minimum Gasteiger partial charge on any atom is -0.454 e. The monoisotopic (exact) mass is 488 g/mol. The van der Waals surface area contributed by atoms with E-state index in [1.165, 1.54) is 4.90 Å². The Balaban J connectivity index is 1.53. The first-order valence-electron chi connectivity index (χ1n) is 10.9. The number of fused-ring (bicyclic) bond motifs is 2. The van der Waals surface area contributed by atoms with Crippen molar-refractivity contribution in [2.24, 2.45) is 5.41 Å². The van der Waals surface area contributed by atoms with Crippen LogP contribution in [0.1, 0.15) is 24.9 Å². The maximum Gasteiger partial charge on any atom is 0.261 e. The third-order valence-corrected chi connectivity index (χ3v) is 11.9. The molecule has 1 aromatic rings. The van der Waals surface area contributed by atoms with Gasteiger partial charge in [-0.2, -0.15) is 5.26 Å². The summed E-state index contributed by atoms with van der Waals surface area (Å²) >= 11 is 5.94. The lowest BCUT2D eigenvalue weighted by atomic mass is 9.76. The third-order valence-electron chi connectivity index (χ3n) is 7.83. The molecule has 5 heterocycles. The average Bonchev–Trinajstić information content (AvgIpc) is 3.49. The van der Waals surface area contributed by atoms with Gasteiger partial charge in [0.1, 0.15) is 0 Å². The summed E-state index contributed by atoms with van der Waals surface area (Å²) in [6.07, 6.45) is 0.226. The molecule has 2 amide bonds. The summed E-state index contributed by atoms with van der Waals surface area (Å²) in [6.45, 7) is 4.90.